The van der Waals surface area contributed by atoms with E-state index in [1.165, 1.54) is 4.90 Å². The molecule has 0 bridgehead atoms. The lowest BCUT2D eigenvalue weighted by molar-refractivity contribution is -0.122. The smallest absolute Gasteiger partial charge is 0.254 e. The second kappa shape index (κ2) is 12.1. The summed E-state index contributed by atoms with van der Waals surface area (Å²) in [5, 5.41) is 12.2. The molecule has 1 aliphatic rings. The lowest BCUT2D eigenvalue weighted by atomic mass is 10.1. The quantitative estimate of drug-likeness (QED) is 0.525. The number of benzene rings is 2. The van der Waals surface area contributed by atoms with Crippen LogP contribution in [0.3, 0.4) is 0 Å². The van der Waals surface area contributed by atoms with Crippen molar-refractivity contribution in [3.63, 3.8) is 0 Å². The molecule has 9 heteroatoms. The summed E-state index contributed by atoms with van der Waals surface area (Å²) in [5.41, 5.74) is 8.25. The molecule has 0 atom stereocenters. The summed E-state index contributed by atoms with van der Waals surface area (Å²) in [6.07, 6.45) is -0.00577. The molecular formula is C24H30N4O5. The fourth-order valence-corrected chi connectivity index (χ4v) is 3.53. The molecule has 3 amide bonds. The topological polar surface area (TPSA) is 125 Å². The maximum atomic E-state index is 12.8. The maximum Gasteiger partial charge on any atom is 0.254 e. The highest BCUT2D eigenvalue weighted by molar-refractivity contribution is 5.99. The summed E-state index contributed by atoms with van der Waals surface area (Å²) in [4.78, 5) is 40.8. The predicted molar refractivity (Wildman–Crippen MR) is 125 cm³/mol. The minimum atomic E-state index is -0.287. The van der Waals surface area contributed by atoms with Gasteiger partial charge in [-0.25, -0.2) is 0 Å². The van der Waals surface area contributed by atoms with Gasteiger partial charge in [-0.3, -0.25) is 14.4 Å². The monoisotopic (exact) mass is 454 g/mol. The van der Waals surface area contributed by atoms with Crippen LogP contribution in [0.15, 0.2) is 48.5 Å². The van der Waals surface area contributed by atoms with Gasteiger partial charge < -0.3 is 30.7 Å². The minimum absolute atomic E-state index is 0.00695. The van der Waals surface area contributed by atoms with Crippen LogP contribution in [0.2, 0.25) is 0 Å². The van der Waals surface area contributed by atoms with Gasteiger partial charge in [-0.1, -0.05) is 12.1 Å². The largest absolute Gasteiger partial charge is 0.395 e. The van der Waals surface area contributed by atoms with E-state index >= 15 is 0 Å². The van der Waals surface area contributed by atoms with Crippen molar-refractivity contribution in [2.45, 2.75) is 19.4 Å². The number of amides is 3. The Morgan fingerprint density at radius 3 is 2.27 bits per heavy atom. The molecule has 2 aromatic rings. The first-order valence-electron chi connectivity index (χ1n) is 11.0. The third-order valence-electron chi connectivity index (χ3n) is 5.39. The van der Waals surface area contributed by atoms with Crippen molar-refractivity contribution in [2.24, 2.45) is 5.73 Å². The van der Waals surface area contributed by atoms with Crippen LogP contribution < -0.4 is 16.0 Å². The van der Waals surface area contributed by atoms with E-state index in [4.69, 9.17) is 10.5 Å². The predicted octanol–water partition coefficient (Wildman–Crippen LogP) is 1.36. The van der Waals surface area contributed by atoms with Gasteiger partial charge in [0.05, 0.1) is 19.8 Å². The van der Waals surface area contributed by atoms with Gasteiger partial charge in [0.1, 0.15) is 0 Å². The number of anilines is 2. The molecule has 0 radical (unpaired) electrons. The van der Waals surface area contributed by atoms with E-state index in [2.05, 4.69) is 5.32 Å². The number of hydrogen-bond acceptors (Lipinski definition) is 6. The number of aliphatic hydroxyl groups excluding tert-OH is 1. The summed E-state index contributed by atoms with van der Waals surface area (Å²) >= 11 is 0. The molecular weight excluding hydrogens is 424 g/mol. The Morgan fingerprint density at radius 2 is 1.67 bits per heavy atom. The van der Waals surface area contributed by atoms with Crippen molar-refractivity contribution in [1.82, 2.24) is 4.90 Å². The zero-order chi connectivity index (χ0) is 23.6. The third kappa shape index (κ3) is 6.85. The maximum absolute atomic E-state index is 12.8. The van der Waals surface area contributed by atoms with Gasteiger partial charge in [-0.2, -0.15) is 0 Å². The zero-order valence-electron chi connectivity index (χ0n) is 18.5. The Bertz CT molecular complexity index is 940. The molecule has 3 rings (SSSR count). The average molecular weight is 455 g/mol. The van der Waals surface area contributed by atoms with Gasteiger partial charge >= 0.3 is 0 Å². The second-order valence-electron chi connectivity index (χ2n) is 7.67. The van der Waals surface area contributed by atoms with E-state index in [0.29, 0.717) is 49.8 Å². The van der Waals surface area contributed by atoms with E-state index in [1.807, 2.05) is 12.1 Å². The van der Waals surface area contributed by atoms with Crippen LogP contribution in [0.4, 0.5) is 11.4 Å². The van der Waals surface area contributed by atoms with Crippen LogP contribution >= 0.6 is 0 Å². The molecule has 1 heterocycles. The molecule has 1 fully saturated rings. The number of ether oxygens (including phenoxy) is 1. The fraction of sp³-hybridized carbons (Fsp3) is 0.375. The lowest BCUT2D eigenvalue weighted by Gasteiger charge is -2.27. The van der Waals surface area contributed by atoms with Crippen LogP contribution in [-0.2, 0) is 20.9 Å². The first-order valence-corrected chi connectivity index (χ1v) is 11.0. The average Bonchev–Trinajstić information content (AvgIpc) is 2.86. The summed E-state index contributed by atoms with van der Waals surface area (Å²) in [6.45, 7) is 2.44. The Hall–Kier alpha value is -3.27. The Kier molecular flexibility index (Phi) is 8.94. The lowest BCUT2D eigenvalue weighted by Crippen LogP contribution is -2.40. The van der Waals surface area contributed by atoms with Crippen molar-refractivity contribution in [1.29, 1.82) is 0 Å². The molecule has 0 spiro atoms. The summed E-state index contributed by atoms with van der Waals surface area (Å²) < 4.78 is 5.28. The number of nitrogens with one attached hydrogen (secondary N) is 1. The zero-order valence-corrected chi connectivity index (χ0v) is 18.5. The number of carbonyl (C=O) groups excluding carboxylic acids is 3. The van der Waals surface area contributed by atoms with E-state index in [9.17, 15) is 19.5 Å². The number of rotatable bonds is 9. The minimum Gasteiger partial charge on any atom is -0.395 e. The van der Waals surface area contributed by atoms with E-state index in [0.717, 1.165) is 5.56 Å². The van der Waals surface area contributed by atoms with Crippen LogP contribution in [0, 0.1) is 0 Å². The molecule has 0 unspecified atom stereocenters. The Balaban J connectivity index is 1.57. The van der Waals surface area contributed by atoms with Crippen LogP contribution in [0.1, 0.15) is 28.8 Å². The van der Waals surface area contributed by atoms with Crippen LogP contribution in [-0.4, -0.2) is 67.2 Å². The van der Waals surface area contributed by atoms with Gasteiger partial charge in [-0.05, 0) is 42.0 Å². The van der Waals surface area contributed by atoms with E-state index < -0.39 is 0 Å². The first kappa shape index (κ1) is 24.4. The number of carbonyl (C=O) groups is 3. The van der Waals surface area contributed by atoms with Gasteiger partial charge in [0, 0.05) is 56.0 Å². The molecule has 9 nitrogen and oxygen atoms in total. The number of aliphatic hydroxyl groups is 1. The van der Waals surface area contributed by atoms with Crippen LogP contribution in [0.25, 0.3) is 0 Å². The highest BCUT2D eigenvalue weighted by Gasteiger charge is 2.20. The Labute approximate surface area is 193 Å². The molecule has 1 saturated heterocycles. The van der Waals surface area contributed by atoms with Gasteiger partial charge in [0.15, 0.2) is 0 Å². The van der Waals surface area contributed by atoms with E-state index in [1.54, 1.807) is 41.3 Å². The number of morpholine rings is 1. The number of nitrogens with two attached hydrogens (primary N) is 1. The van der Waals surface area contributed by atoms with Crippen molar-refractivity contribution < 1.29 is 24.2 Å². The highest BCUT2D eigenvalue weighted by Crippen LogP contribution is 2.19. The standard InChI is InChI=1S/C24H30N4O5/c25-17-18-1-5-20(6-2-18)26-22(30)9-10-23(31)28(11-14-29)21-7-3-19(4-8-21)24(32)27-12-15-33-16-13-27/h1-8,29H,9-17,25H2,(H,26,30). The summed E-state index contributed by atoms with van der Waals surface area (Å²) in [6, 6.07) is 13.9. The van der Waals surface area contributed by atoms with Gasteiger partial charge in [-0.15, -0.1) is 0 Å². The molecule has 0 aromatic heterocycles. The molecule has 1 aliphatic heterocycles. The summed E-state index contributed by atoms with van der Waals surface area (Å²) in [7, 11) is 0. The van der Waals surface area contributed by atoms with Crippen LogP contribution in [0.5, 0.6) is 0 Å². The normalized spacial score (nSPS) is 13.5. The fourth-order valence-electron chi connectivity index (χ4n) is 3.53. The third-order valence-corrected chi connectivity index (χ3v) is 5.39. The van der Waals surface area contributed by atoms with E-state index in [-0.39, 0.29) is 43.7 Å². The molecule has 33 heavy (non-hydrogen) atoms. The van der Waals surface area contributed by atoms with Crippen molar-refractivity contribution >= 4 is 29.1 Å². The van der Waals surface area contributed by atoms with Crippen molar-refractivity contribution in [2.75, 3.05) is 49.7 Å². The number of nitrogens with zero attached hydrogens (tertiary/aromatic N) is 2. The number of hydrogen-bond donors (Lipinski definition) is 3. The molecule has 0 aliphatic carbocycles. The SMILES string of the molecule is NCc1ccc(NC(=O)CCC(=O)N(CCO)c2ccc(C(=O)N3CCOCC3)cc2)cc1. The first-order chi connectivity index (χ1) is 16.0. The molecule has 2 aromatic carbocycles. The summed E-state index contributed by atoms with van der Waals surface area (Å²) in [5.74, 6) is -0.648. The molecule has 0 saturated carbocycles. The molecule has 4 N–H and O–H groups in total. The highest BCUT2D eigenvalue weighted by atomic mass is 16.5. The van der Waals surface area contributed by atoms with Crippen molar-refractivity contribution in [3.8, 4) is 0 Å². The second-order valence-corrected chi connectivity index (χ2v) is 7.67. The van der Waals surface area contributed by atoms with Crippen molar-refractivity contribution in [3.05, 3.63) is 59.7 Å². The van der Waals surface area contributed by atoms with Gasteiger partial charge in [0.25, 0.3) is 5.91 Å². The van der Waals surface area contributed by atoms with Gasteiger partial charge in [0.2, 0.25) is 11.8 Å². The Morgan fingerprint density at radius 1 is 1.00 bits per heavy atom. The molecule has 176 valence electrons.